The number of hydrogen-bond acceptors (Lipinski definition) is 8. The summed E-state index contributed by atoms with van der Waals surface area (Å²) < 4.78 is 11.2. The van der Waals surface area contributed by atoms with E-state index in [0.29, 0.717) is 16.0 Å². The van der Waals surface area contributed by atoms with Crippen molar-refractivity contribution in [3.63, 3.8) is 0 Å². The number of esters is 2. The lowest BCUT2D eigenvalue weighted by Crippen LogP contribution is -2.18. The Kier molecular flexibility index (Phi) is 7.49. The smallest absolute Gasteiger partial charge is 0.339 e. The van der Waals surface area contributed by atoms with Crippen molar-refractivity contribution in [2.75, 3.05) is 25.3 Å². The number of nitrogens with one attached hydrogen (secondary N) is 1. The first kappa shape index (κ1) is 23.3. The van der Waals surface area contributed by atoms with Crippen LogP contribution < -0.4 is 5.32 Å². The number of nitrogens with zero attached hydrogens (tertiary/aromatic N) is 3. The average Bonchev–Trinajstić information content (AvgIpc) is 3.17. The predicted octanol–water partition coefficient (Wildman–Crippen LogP) is 3.44. The van der Waals surface area contributed by atoms with Gasteiger partial charge in [0.15, 0.2) is 11.0 Å². The highest BCUT2D eigenvalue weighted by atomic mass is 35.5. The van der Waals surface area contributed by atoms with Crippen LogP contribution in [0.15, 0.2) is 47.6 Å². The summed E-state index contributed by atoms with van der Waals surface area (Å²) in [4.78, 5) is 36.4. The molecule has 166 valence electrons. The third-order valence-corrected chi connectivity index (χ3v) is 5.66. The Labute approximate surface area is 193 Å². The van der Waals surface area contributed by atoms with Gasteiger partial charge in [0.1, 0.15) is 0 Å². The minimum absolute atomic E-state index is 0.00431. The standard InChI is InChI=1S/C21H19ClN4O5S/c1-26-18(12-4-7-14(22)8-5-12)24-25-21(26)32-11-17(27)23-16-10-13(19(28)30-2)6-9-15(16)20(29)31-3/h4-10H,11H2,1-3H3,(H,23,27). The number of thioether (sulfide) groups is 1. The van der Waals surface area contributed by atoms with Crippen molar-refractivity contribution in [3.05, 3.63) is 58.6 Å². The molecule has 9 nitrogen and oxygen atoms in total. The first-order valence-corrected chi connectivity index (χ1v) is 10.6. The molecule has 1 N–H and O–H groups in total. The summed E-state index contributed by atoms with van der Waals surface area (Å²) in [7, 11) is 4.26. The Hall–Kier alpha value is -3.37. The molecule has 0 saturated carbocycles. The van der Waals surface area contributed by atoms with E-state index < -0.39 is 17.8 Å². The molecule has 0 fully saturated rings. The number of rotatable bonds is 7. The minimum Gasteiger partial charge on any atom is -0.465 e. The third kappa shape index (κ3) is 5.27. The number of methoxy groups -OCH3 is 2. The van der Waals surface area contributed by atoms with Gasteiger partial charge in [0.2, 0.25) is 5.91 Å². The zero-order valence-electron chi connectivity index (χ0n) is 17.4. The van der Waals surface area contributed by atoms with Gasteiger partial charge < -0.3 is 19.4 Å². The van der Waals surface area contributed by atoms with Crippen LogP contribution in [0.1, 0.15) is 20.7 Å². The zero-order valence-corrected chi connectivity index (χ0v) is 19.0. The largest absolute Gasteiger partial charge is 0.465 e. The van der Waals surface area contributed by atoms with Crippen LogP contribution in [0.5, 0.6) is 0 Å². The summed E-state index contributed by atoms with van der Waals surface area (Å²) in [5.74, 6) is -1.03. The van der Waals surface area contributed by atoms with Gasteiger partial charge in [-0.15, -0.1) is 10.2 Å². The monoisotopic (exact) mass is 474 g/mol. The maximum atomic E-state index is 12.6. The van der Waals surface area contributed by atoms with E-state index in [9.17, 15) is 14.4 Å². The van der Waals surface area contributed by atoms with Crippen molar-refractivity contribution in [1.82, 2.24) is 14.8 Å². The molecule has 1 amide bonds. The van der Waals surface area contributed by atoms with Crippen molar-refractivity contribution < 1.29 is 23.9 Å². The molecule has 1 aromatic heterocycles. The van der Waals surface area contributed by atoms with Gasteiger partial charge in [-0.3, -0.25) is 4.79 Å². The second-order valence-electron chi connectivity index (χ2n) is 6.45. The van der Waals surface area contributed by atoms with Crippen molar-refractivity contribution in [2.45, 2.75) is 5.16 Å². The number of benzene rings is 2. The topological polar surface area (TPSA) is 112 Å². The van der Waals surface area contributed by atoms with E-state index in [2.05, 4.69) is 20.3 Å². The van der Waals surface area contributed by atoms with Crippen LogP contribution in [-0.2, 0) is 21.3 Å². The van der Waals surface area contributed by atoms with Gasteiger partial charge in [0.25, 0.3) is 0 Å². The van der Waals surface area contributed by atoms with E-state index in [1.54, 1.807) is 23.7 Å². The lowest BCUT2D eigenvalue weighted by Gasteiger charge is -2.11. The second kappa shape index (κ2) is 10.3. The van der Waals surface area contributed by atoms with E-state index in [1.807, 2.05) is 12.1 Å². The number of amides is 1. The van der Waals surface area contributed by atoms with Crippen molar-refractivity contribution in [3.8, 4) is 11.4 Å². The van der Waals surface area contributed by atoms with Gasteiger partial charge in [-0.1, -0.05) is 23.4 Å². The normalized spacial score (nSPS) is 10.5. The second-order valence-corrected chi connectivity index (χ2v) is 7.83. The molecule has 0 radical (unpaired) electrons. The Morgan fingerprint density at radius 3 is 2.38 bits per heavy atom. The van der Waals surface area contributed by atoms with E-state index >= 15 is 0 Å². The first-order chi connectivity index (χ1) is 15.3. The highest BCUT2D eigenvalue weighted by Crippen LogP contribution is 2.25. The Balaban J connectivity index is 1.73. The molecule has 0 spiro atoms. The molecule has 3 aromatic rings. The summed E-state index contributed by atoms with van der Waals surface area (Å²) in [5.41, 5.74) is 1.28. The van der Waals surface area contributed by atoms with Crippen molar-refractivity contribution in [2.24, 2.45) is 7.05 Å². The molecule has 0 aliphatic heterocycles. The maximum Gasteiger partial charge on any atom is 0.339 e. The lowest BCUT2D eigenvalue weighted by molar-refractivity contribution is -0.113. The van der Waals surface area contributed by atoms with Crippen LogP contribution in [0.3, 0.4) is 0 Å². The molecule has 0 bridgehead atoms. The highest BCUT2D eigenvalue weighted by Gasteiger charge is 2.18. The van der Waals surface area contributed by atoms with E-state index in [-0.39, 0.29) is 22.6 Å². The number of hydrogen-bond donors (Lipinski definition) is 1. The van der Waals surface area contributed by atoms with Crippen LogP contribution in [0, 0.1) is 0 Å². The molecule has 2 aromatic carbocycles. The van der Waals surface area contributed by atoms with Gasteiger partial charge in [0.05, 0.1) is 36.8 Å². The minimum atomic E-state index is -0.648. The summed E-state index contributed by atoms with van der Waals surface area (Å²) >= 11 is 7.10. The first-order valence-electron chi connectivity index (χ1n) is 9.22. The number of carbonyl (C=O) groups excluding carboxylic acids is 3. The molecule has 1 heterocycles. The number of ether oxygens (including phenoxy) is 2. The molecule has 3 rings (SSSR count). The van der Waals surface area contributed by atoms with Crippen molar-refractivity contribution in [1.29, 1.82) is 0 Å². The fourth-order valence-electron chi connectivity index (χ4n) is 2.79. The summed E-state index contributed by atoms with van der Waals surface area (Å²) in [6.45, 7) is 0. The third-order valence-electron chi connectivity index (χ3n) is 4.39. The van der Waals surface area contributed by atoms with E-state index in [1.165, 1.54) is 44.2 Å². The quantitative estimate of drug-likeness (QED) is 0.409. The van der Waals surface area contributed by atoms with E-state index in [4.69, 9.17) is 16.3 Å². The number of halogens is 1. The Bertz CT molecular complexity index is 1160. The average molecular weight is 475 g/mol. The Morgan fingerprint density at radius 1 is 1.03 bits per heavy atom. The van der Waals surface area contributed by atoms with Gasteiger partial charge in [-0.25, -0.2) is 9.59 Å². The zero-order chi connectivity index (χ0) is 23.3. The van der Waals surface area contributed by atoms with Crippen LogP contribution in [0.2, 0.25) is 5.02 Å². The maximum absolute atomic E-state index is 12.6. The molecule has 0 saturated heterocycles. The predicted molar refractivity (Wildman–Crippen MR) is 120 cm³/mol. The summed E-state index contributed by atoms with van der Waals surface area (Å²) in [6, 6.07) is 11.3. The lowest BCUT2D eigenvalue weighted by atomic mass is 10.1. The highest BCUT2D eigenvalue weighted by molar-refractivity contribution is 7.99. The molecular weight excluding hydrogens is 456 g/mol. The number of carbonyl (C=O) groups is 3. The molecule has 0 unspecified atom stereocenters. The molecule has 0 aliphatic rings. The summed E-state index contributed by atoms with van der Waals surface area (Å²) in [5, 5.41) is 12.1. The van der Waals surface area contributed by atoms with Gasteiger partial charge >= 0.3 is 11.9 Å². The van der Waals surface area contributed by atoms with Gasteiger partial charge in [0, 0.05) is 17.6 Å². The SMILES string of the molecule is COC(=O)c1ccc(C(=O)OC)c(NC(=O)CSc2nnc(-c3ccc(Cl)cc3)n2C)c1. The fourth-order valence-corrected chi connectivity index (χ4v) is 3.62. The molecular formula is C21H19ClN4O5S. The molecule has 0 aliphatic carbocycles. The van der Waals surface area contributed by atoms with Crippen LogP contribution in [0.4, 0.5) is 5.69 Å². The molecule has 0 atom stereocenters. The van der Waals surface area contributed by atoms with Crippen LogP contribution >= 0.6 is 23.4 Å². The van der Waals surface area contributed by atoms with Crippen molar-refractivity contribution >= 4 is 46.9 Å². The van der Waals surface area contributed by atoms with Crippen LogP contribution in [-0.4, -0.2) is 52.6 Å². The molecule has 11 heteroatoms. The number of anilines is 1. The molecule has 32 heavy (non-hydrogen) atoms. The van der Waals surface area contributed by atoms with Gasteiger partial charge in [-0.05, 0) is 42.5 Å². The summed E-state index contributed by atoms with van der Waals surface area (Å²) in [6.07, 6.45) is 0. The number of aromatic nitrogens is 3. The van der Waals surface area contributed by atoms with Gasteiger partial charge in [-0.2, -0.15) is 0 Å². The Morgan fingerprint density at radius 2 is 1.72 bits per heavy atom. The van der Waals surface area contributed by atoms with Crippen LogP contribution in [0.25, 0.3) is 11.4 Å². The fraction of sp³-hybridized carbons (Fsp3) is 0.190. The van der Waals surface area contributed by atoms with E-state index in [0.717, 1.165) is 5.56 Å².